The number of nitrogens with zero attached hydrogens (tertiary/aromatic N) is 1. The normalized spacial score (nSPS) is 12.2. The highest BCUT2D eigenvalue weighted by atomic mass is 16.4. The fourth-order valence-corrected chi connectivity index (χ4v) is 1.81. The first-order valence-corrected chi connectivity index (χ1v) is 6.82. The fraction of sp³-hybridized carbons (Fsp3) is 0.467. The zero-order chi connectivity index (χ0) is 15.1. The Kier molecular flexibility index (Phi) is 6.18. The number of carbonyl (C=O) groups is 2. The number of hydrogen-bond donors (Lipinski definition) is 2. The molecule has 1 atom stereocenters. The van der Waals surface area contributed by atoms with E-state index < -0.39 is 12.0 Å². The average molecular weight is 278 g/mol. The first-order chi connectivity index (χ1) is 9.47. The molecule has 1 aromatic rings. The molecule has 110 valence electrons. The molecular weight excluding hydrogens is 256 g/mol. The number of rotatable bonds is 7. The Bertz CT molecular complexity index is 453. The minimum atomic E-state index is -1.04. The summed E-state index contributed by atoms with van der Waals surface area (Å²) < 4.78 is 0. The molecule has 0 aliphatic rings. The molecule has 1 unspecified atom stereocenters. The third-order valence-corrected chi connectivity index (χ3v) is 3.23. The van der Waals surface area contributed by atoms with Crippen molar-refractivity contribution in [3.05, 3.63) is 35.4 Å². The molecule has 20 heavy (non-hydrogen) atoms. The summed E-state index contributed by atoms with van der Waals surface area (Å²) in [5.41, 5.74) is 1.61. The van der Waals surface area contributed by atoms with Crippen molar-refractivity contribution in [3.63, 3.8) is 0 Å². The van der Waals surface area contributed by atoms with Gasteiger partial charge in [-0.3, -0.25) is 14.5 Å². The molecule has 0 aliphatic carbocycles. The Morgan fingerprint density at radius 1 is 1.20 bits per heavy atom. The van der Waals surface area contributed by atoms with Crippen molar-refractivity contribution in [2.45, 2.75) is 33.4 Å². The molecule has 1 amide bonds. The fourth-order valence-electron chi connectivity index (χ4n) is 1.81. The second-order valence-corrected chi connectivity index (χ2v) is 4.69. The van der Waals surface area contributed by atoms with Gasteiger partial charge >= 0.3 is 5.97 Å². The van der Waals surface area contributed by atoms with E-state index in [2.05, 4.69) is 24.1 Å². The summed E-state index contributed by atoms with van der Waals surface area (Å²) in [6.45, 7) is 8.47. The number of carboxylic acids is 1. The van der Waals surface area contributed by atoms with E-state index in [0.29, 0.717) is 5.56 Å². The maximum Gasteiger partial charge on any atom is 0.325 e. The van der Waals surface area contributed by atoms with E-state index in [4.69, 9.17) is 5.11 Å². The Balaban J connectivity index is 2.66. The monoisotopic (exact) mass is 278 g/mol. The van der Waals surface area contributed by atoms with Crippen molar-refractivity contribution in [3.8, 4) is 0 Å². The molecule has 0 aliphatic heterocycles. The summed E-state index contributed by atoms with van der Waals surface area (Å²) in [5.74, 6) is -1.41. The van der Waals surface area contributed by atoms with Crippen molar-refractivity contribution in [1.29, 1.82) is 0 Å². The van der Waals surface area contributed by atoms with E-state index in [9.17, 15) is 9.59 Å². The molecule has 0 saturated carbocycles. The zero-order valence-corrected chi connectivity index (χ0v) is 12.2. The van der Waals surface area contributed by atoms with E-state index in [1.807, 2.05) is 12.1 Å². The first-order valence-electron chi connectivity index (χ1n) is 6.82. The van der Waals surface area contributed by atoms with Crippen molar-refractivity contribution in [1.82, 2.24) is 10.2 Å². The predicted octanol–water partition coefficient (Wildman–Crippen LogP) is 1.73. The Morgan fingerprint density at radius 2 is 1.75 bits per heavy atom. The molecule has 1 aromatic carbocycles. The first kappa shape index (κ1) is 16.2. The van der Waals surface area contributed by atoms with Gasteiger partial charge in [0.2, 0.25) is 0 Å². The van der Waals surface area contributed by atoms with Crippen molar-refractivity contribution in [2.24, 2.45) is 0 Å². The molecule has 1 rings (SSSR count). The van der Waals surface area contributed by atoms with Crippen molar-refractivity contribution >= 4 is 11.9 Å². The van der Waals surface area contributed by atoms with Gasteiger partial charge in [-0.2, -0.15) is 0 Å². The van der Waals surface area contributed by atoms with E-state index in [1.54, 1.807) is 12.1 Å². The molecule has 0 saturated heterocycles. The second kappa shape index (κ2) is 7.65. The predicted molar refractivity (Wildman–Crippen MR) is 77.6 cm³/mol. The van der Waals surface area contributed by atoms with Gasteiger partial charge in [-0.25, -0.2) is 0 Å². The van der Waals surface area contributed by atoms with Crippen LogP contribution in [0.15, 0.2) is 24.3 Å². The third-order valence-electron chi connectivity index (χ3n) is 3.23. The van der Waals surface area contributed by atoms with Gasteiger partial charge in [-0.1, -0.05) is 26.0 Å². The summed E-state index contributed by atoms with van der Waals surface area (Å²) >= 11 is 0. The van der Waals surface area contributed by atoms with Gasteiger partial charge in [0, 0.05) is 12.1 Å². The molecule has 0 bridgehead atoms. The summed E-state index contributed by atoms with van der Waals surface area (Å²) in [6, 6.07) is 6.36. The lowest BCUT2D eigenvalue weighted by Gasteiger charge is -2.18. The van der Waals surface area contributed by atoms with Crippen LogP contribution in [0.1, 0.15) is 36.7 Å². The van der Waals surface area contributed by atoms with Crippen LogP contribution >= 0.6 is 0 Å². The maximum atomic E-state index is 11.8. The quantitative estimate of drug-likeness (QED) is 0.797. The average Bonchev–Trinajstić information content (AvgIpc) is 2.45. The number of carboxylic acid groups (broad SMARTS) is 1. The third kappa shape index (κ3) is 4.66. The van der Waals surface area contributed by atoms with Crippen LogP contribution in [0.5, 0.6) is 0 Å². The number of aliphatic carboxylic acids is 1. The van der Waals surface area contributed by atoms with E-state index in [-0.39, 0.29) is 5.91 Å². The van der Waals surface area contributed by atoms with E-state index >= 15 is 0 Å². The minimum absolute atomic E-state index is 0.366. The van der Waals surface area contributed by atoms with Gasteiger partial charge in [-0.05, 0) is 37.7 Å². The minimum Gasteiger partial charge on any atom is -0.480 e. The van der Waals surface area contributed by atoms with Crippen LogP contribution < -0.4 is 5.32 Å². The molecule has 0 fully saturated rings. The highest BCUT2D eigenvalue weighted by Gasteiger charge is 2.15. The number of carbonyl (C=O) groups excluding carboxylic acids is 1. The molecular formula is C15H22N2O3. The molecule has 5 heteroatoms. The second-order valence-electron chi connectivity index (χ2n) is 4.69. The Labute approximate surface area is 119 Å². The Hall–Kier alpha value is -1.88. The number of hydrogen-bond acceptors (Lipinski definition) is 3. The van der Waals surface area contributed by atoms with E-state index in [0.717, 1.165) is 25.2 Å². The van der Waals surface area contributed by atoms with Crippen LogP contribution in [-0.2, 0) is 11.3 Å². The molecule has 2 N–H and O–H groups in total. The van der Waals surface area contributed by atoms with Gasteiger partial charge in [0.1, 0.15) is 6.04 Å². The van der Waals surface area contributed by atoms with Crippen LogP contribution in [0.4, 0.5) is 0 Å². The lowest BCUT2D eigenvalue weighted by atomic mass is 10.1. The van der Waals surface area contributed by atoms with Crippen LogP contribution in [0.25, 0.3) is 0 Å². The van der Waals surface area contributed by atoms with Crippen LogP contribution in [0.2, 0.25) is 0 Å². The summed E-state index contributed by atoms with van der Waals surface area (Å²) in [4.78, 5) is 24.8. The SMILES string of the molecule is CCN(CC)Cc1ccc(C(=O)NC(C)C(=O)O)cc1. The van der Waals surface area contributed by atoms with Gasteiger partial charge < -0.3 is 10.4 Å². The Morgan fingerprint density at radius 3 is 2.20 bits per heavy atom. The van der Waals surface area contributed by atoms with Crippen LogP contribution in [-0.4, -0.2) is 41.0 Å². The standard InChI is InChI=1S/C15H22N2O3/c1-4-17(5-2)10-12-6-8-13(9-7-12)14(18)16-11(3)15(19)20/h6-9,11H,4-5,10H2,1-3H3,(H,16,18)(H,19,20). The number of benzene rings is 1. The molecule has 5 nitrogen and oxygen atoms in total. The zero-order valence-electron chi connectivity index (χ0n) is 12.2. The van der Waals surface area contributed by atoms with Gasteiger partial charge in [0.15, 0.2) is 0 Å². The summed E-state index contributed by atoms with van der Waals surface area (Å²) in [7, 11) is 0. The van der Waals surface area contributed by atoms with Crippen molar-refractivity contribution < 1.29 is 14.7 Å². The smallest absolute Gasteiger partial charge is 0.325 e. The number of amides is 1. The lowest BCUT2D eigenvalue weighted by molar-refractivity contribution is -0.138. The summed E-state index contributed by atoms with van der Waals surface area (Å²) in [6.07, 6.45) is 0. The molecule has 0 aromatic heterocycles. The lowest BCUT2D eigenvalue weighted by Crippen LogP contribution is -2.38. The van der Waals surface area contributed by atoms with Crippen molar-refractivity contribution in [2.75, 3.05) is 13.1 Å². The number of nitrogens with one attached hydrogen (secondary N) is 1. The highest BCUT2D eigenvalue weighted by Crippen LogP contribution is 2.08. The van der Waals surface area contributed by atoms with Gasteiger partial charge in [0.25, 0.3) is 5.91 Å². The van der Waals surface area contributed by atoms with Crippen LogP contribution in [0, 0.1) is 0 Å². The molecule has 0 spiro atoms. The van der Waals surface area contributed by atoms with Crippen LogP contribution in [0.3, 0.4) is 0 Å². The van der Waals surface area contributed by atoms with E-state index in [1.165, 1.54) is 6.92 Å². The largest absolute Gasteiger partial charge is 0.480 e. The summed E-state index contributed by atoms with van der Waals surface area (Å²) in [5, 5.41) is 11.2. The molecule has 0 radical (unpaired) electrons. The highest BCUT2D eigenvalue weighted by molar-refractivity contribution is 5.96. The van der Waals surface area contributed by atoms with Gasteiger partial charge in [0.05, 0.1) is 0 Å². The van der Waals surface area contributed by atoms with Gasteiger partial charge in [-0.15, -0.1) is 0 Å². The topological polar surface area (TPSA) is 69.6 Å². The maximum absolute atomic E-state index is 11.8. The molecule has 0 heterocycles.